The van der Waals surface area contributed by atoms with E-state index in [1.54, 1.807) is 0 Å². The highest BCUT2D eigenvalue weighted by Gasteiger charge is 2.39. The Bertz CT molecular complexity index is 313. The molecule has 1 rings (SSSR count). The van der Waals surface area contributed by atoms with Crippen molar-refractivity contribution < 1.29 is 0 Å². The first-order chi connectivity index (χ1) is 8.20. The smallest absolute Gasteiger partial charge is 0.107 e. The van der Waals surface area contributed by atoms with Crippen molar-refractivity contribution in [1.82, 2.24) is 4.90 Å². The fourth-order valence-corrected chi connectivity index (χ4v) is 2.87. The van der Waals surface area contributed by atoms with Gasteiger partial charge in [0, 0.05) is 6.04 Å². The fraction of sp³-hybridized carbons (Fsp3) is 0.933. The molecule has 2 N–H and O–H groups in total. The number of rotatable bonds is 4. The topological polar surface area (TPSA) is 53.0 Å². The second-order valence-corrected chi connectivity index (χ2v) is 7.05. The van der Waals surface area contributed by atoms with Gasteiger partial charge in [0.25, 0.3) is 0 Å². The number of hydrogen-bond donors (Lipinski definition) is 1. The van der Waals surface area contributed by atoms with Gasteiger partial charge in [-0.15, -0.1) is 0 Å². The summed E-state index contributed by atoms with van der Waals surface area (Å²) in [5.74, 6) is 0.372. The summed E-state index contributed by atoms with van der Waals surface area (Å²) in [6.07, 6.45) is 4.13. The number of nitrogens with zero attached hydrogens (tertiary/aromatic N) is 2. The lowest BCUT2D eigenvalue weighted by atomic mass is 9.85. The molecule has 0 heterocycles. The Balaban J connectivity index is 2.49. The summed E-state index contributed by atoms with van der Waals surface area (Å²) in [5.41, 5.74) is 5.90. The monoisotopic (exact) mass is 251 g/mol. The van der Waals surface area contributed by atoms with Crippen LogP contribution in [-0.2, 0) is 0 Å². The van der Waals surface area contributed by atoms with Gasteiger partial charge >= 0.3 is 0 Å². The van der Waals surface area contributed by atoms with Gasteiger partial charge in [-0.1, -0.05) is 27.2 Å². The average Bonchev–Trinajstić information content (AvgIpc) is 2.66. The van der Waals surface area contributed by atoms with Gasteiger partial charge in [0.2, 0.25) is 0 Å². The van der Waals surface area contributed by atoms with Gasteiger partial charge in [-0.25, -0.2) is 0 Å². The van der Waals surface area contributed by atoms with E-state index in [1.165, 1.54) is 0 Å². The van der Waals surface area contributed by atoms with Gasteiger partial charge in [0.05, 0.1) is 6.07 Å². The SMILES string of the molecule is CC(N(C)CCC1CCCC1(N)C#N)C(C)(C)C. The normalized spacial score (nSPS) is 30.4. The Morgan fingerprint density at radius 2 is 2.11 bits per heavy atom. The van der Waals surface area contributed by atoms with Gasteiger partial charge in [0.1, 0.15) is 5.54 Å². The summed E-state index contributed by atoms with van der Waals surface area (Å²) in [4.78, 5) is 2.40. The number of nitrogens with two attached hydrogens (primary N) is 1. The van der Waals surface area contributed by atoms with Crippen molar-refractivity contribution in [3.63, 3.8) is 0 Å². The van der Waals surface area contributed by atoms with E-state index in [2.05, 4.69) is 45.7 Å². The quantitative estimate of drug-likeness (QED) is 0.836. The molecule has 0 aromatic heterocycles. The van der Waals surface area contributed by atoms with Crippen molar-refractivity contribution in [1.29, 1.82) is 5.26 Å². The minimum absolute atomic E-state index is 0.291. The van der Waals surface area contributed by atoms with E-state index in [4.69, 9.17) is 5.73 Å². The molecule has 0 radical (unpaired) electrons. The summed E-state index contributed by atoms with van der Waals surface area (Å²) in [7, 11) is 2.18. The molecule has 3 nitrogen and oxygen atoms in total. The van der Waals surface area contributed by atoms with Crippen LogP contribution in [0.15, 0.2) is 0 Å². The molecule has 1 saturated carbocycles. The van der Waals surface area contributed by atoms with Crippen molar-refractivity contribution in [3.05, 3.63) is 0 Å². The first-order valence-corrected chi connectivity index (χ1v) is 7.11. The summed E-state index contributed by atoms with van der Waals surface area (Å²) in [6, 6.07) is 2.87. The van der Waals surface area contributed by atoms with Crippen molar-refractivity contribution in [2.75, 3.05) is 13.6 Å². The van der Waals surface area contributed by atoms with E-state index >= 15 is 0 Å². The number of hydrogen-bond acceptors (Lipinski definition) is 3. The molecule has 0 amide bonds. The molecule has 0 saturated heterocycles. The van der Waals surface area contributed by atoms with Crippen LogP contribution in [0.4, 0.5) is 0 Å². The molecule has 104 valence electrons. The zero-order valence-corrected chi connectivity index (χ0v) is 12.7. The maximum absolute atomic E-state index is 9.21. The van der Waals surface area contributed by atoms with E-state index in [-0.39, 0.29) is 0 Å². The molecular weight excluding hydrogens is 222 g/mol. The second kappa shape index (κ2) is 5.59. The molecule has 0 aromatic rings. The first kappa shape index (κ1) is 15.5. The lowest BCUT2D eigenvalue weighted by Gasteiger charge is -2.36. The Hall–Kier alpha value is -0.590. The van der Waals surface area contributed by atoms with Crippen LogP contribution in [0.2, 0.25) is 0 Å². The predicted octanol–water partition coefficient (Wildman–Crippen LogP) is 2.76. The zero-order chi connectivity index (χ0) is 14.0. The minimum Gasteiger partial charge on any atom is -0.313 e. The Morgan fingerprint density at radius 3 is 2.61 bits per heavy atom. The van der Waals surface area contributed by atoms with Crippen molar-refractivity contribution in [2.45, 2.75) is 65.0 Å². The molecule has 0 bridgehead atoms. The highest BCUT2D eigenvalue weighted by atomic mass is 15.1. The lowest BCUT2D eigenvalue weighted by Crippen LogP contribution is -2.45. The van der Waals surface area contributed by atoms with Crippen LogP contribution in [0.3, 0.4) is 0 Å². The summed E-state index contributed by atoms with van der Waals surface area (Å²) < 4.78 is 0. The van der Waals surface area contributed by atoms with Gasteiger partial charge < -0.3 is 10.6 Å². The maximum atomic E-state index is 9.21. The summed E-state index contributed by atoms with van der Waals surface area (Å²) >= 11 is 0. The van der Waals surface area contributed by atoms with Crippen LogP contribution in [0.25, 0.3) is 0 Å². The molecule has 3 unspecified atom stereocenters. The molecule has 18 heavy (non-hydrogen) atoms. The van der Waals surface area contributed by atoms with Crippen molar-refractivity contribution >= 4 is 0 Å². The van der Waals surface area contributed by atoms with E-state index in [0.29, 0.717) is 17.4 Å². The van der Waals surface area contributed by atoms with Crippen LogP contribution in [0, 0.1) is 22.7 Å². The number of nitriles is 1. The minimum atomic E-state index is -0.564. The van der Waals surface area contributed by atoms with Crippen LogP contribution >= 0.6 is 0 Å². The molecule has 1 aliphatic carbocycles. The fourth-order valence-electron chi connectivity index (χ4n) is 2.87. The maximum Gasteiger partial charge on any atom is 0.107 e. The third-order valence-corrected chi connectivity index (χ3v) is 4.82. The van der Waals surface area contributed by atoms with Crippen LogP contribution in [0.5, 0.6) is 0 Å². The standard InChI is InChI=1S/C15H29N3/c1-12(14(2,3)4)18(5)10-8-13-7-6-9-15(13,17)11-16/h12-13H,6-10,17H2,1-5H3. The van der Waals surface area contributed by atoms with E-state index in [0.717, 1.165) is 32.2 Å². The van der Waals surface area contributed by atoms with E-state index < -0.39 is 5.54 Å². The molecule has 3 heteroatoms. The van der Waals surface area contributed by atoms with Gasteiger partial charge in [-0.05, 0) is 51.1 Å². The highest BCUT2D eigenvalue weighted by molar-refractivity contribution is 5.12. The molecular formula is C15H29N3. The van der Waals surface area contributed by atoms with Gasteiger partial charge in [-0.2, -0.15) is 5.26 Å². The second-order valence-electron chi connectivity index (χ2n) is 7.05. The zero-order valence-electron chi connectivity index (χ0n) is 12.7. The van der Waals surface area contributed by atoms with Crippen LogP contribution in [-0.4, -0.2) is 30.1 Å². The van der Waals surface area contributed by atoms with Crippen molar-refractivity contribution in [3.8, 4) is 6.07 Å². The highest BCUT2D eigenvalue weighted by Crippen LogP contribution is 2.36. The first-order valence-electron chi connectivity index (χ1n) is 7.11. The Labute approximate surface area is 112 Å². The largest absolute Gasteiger partial charge is 0.313 e. The molecule has 0 aliphatic heterocycles. The van der Waals surface area contributed by atoms with E-state index in [9.17, 15) is 5.26 Å². The lowest BCUT2D eigenvalue weighted by molar-refractivity contribution is 0.130. The predicted molar refractivity (Wildman–Crippen MR) is 76.0 cm³/mol. The average molecular weight is 251 g/mol. The van der Waals surface area contributed by atoms with Gasteiger partial charge in [0.15, 0.2) is 0 Å². The molecule has 0 spiro atoms. The Morgan fingerprint density at radius 1 is 1.50 bits per heavy atom. The van der Waals surface area contributed by atoms with Crippen LogP contribution < -0.4 is 5.73 Å². The van der Waals surface area contributed by atoms with Gasteiger partial charge in [-0.3, -0.25) is 0 Å². The van der Waals surface area contributed by atoms with Crippen molar-refractivity contribution in [2.24, 2.45) is 17.1 Å². The Kier molecular flexibility index (Phi) is 4.80. The molecule has 3 atom stereocenters. The molecule has 1 aliphatic rings. The summed E-state index contributed by atoms with van der Waals surface area (Å²) in [5, 5.41) is 9.21. The summed E-state index contributed by atoms with van der Waals surface area (Å²) in [6.45, 7) is 10.1. The van der Waals surface area contributed by atoms with E-state index in [1.807, 2.05) is 0 Å². The van der Waals surface area contributed by atoms with Crippen LogP contribution in [0.1, 0.15) is 53.4 Å². The third kappa shape index (κ3) is 3.46. The molecule has 1 fully saturated rings. The third-order valence-electron chi connectivity index (χ3n) is 4.82. The molecule has 0 aromatic carbocycles.